The maximum absolute atomic E-state index is 11.2. The molecule has 1 amide bonds. The summed E-state index contributed by atoms with van der Waals surface area (Å²) in [5, 5.41) is 15.8. The first-order valence-electron chi connectivity index (χ1n) is 7.94. The van der Waals surface area contributed by atoms with Crippen molar-refractivity contribution in [2.45, 2.75) is 6.92 Å². The first-order valence-corrected chi connectivity index (χ1v) is 8.75. The Morgan fingerprint density at radius 2 is 1.93 bits per heavy atom. The smallest absolute Gasteiger partial charge is 0.365 e. The van der Waals surface area contributed by atoms with E-state index in [1.165, 1.54) is 6.92 Å². The van der Waals surface area contributed by atoms with Crippen molar-refractivity contribution in [2.24, 2.45) is 0 Å². The third-order valence-electron chi connectivity index (χ3n) is 3.73. The minimum absolute atomic E-state index is 0.0219. The Hall–Kier alpha value is -3.59. The van der Waals surface area contributed by atoms with Crippen LogP contribution in [0.15, 0.2) is 42.6 Å². The molecule has 3 N–H and O–H groups in total. The quantitative estimate of drug-likeness (QED) is 0.495. The van der Waals surface area contributed by atoms with Crippen LogP contribution < -0.4 is 10.6 Å². The molecule has 0 atom stereocenters. The summed E-state index contributed by atoms with van der Waals surface area (Å²) in [4.78, 5) is 35.3. The van der Waals surface area contributed by atoms with Gasteiger partial charge in [-0.15, -0.1) is 11.3 Å². The van der Waals surface area contributed by atoms with Crippen LogP contribution in [-0.4, -0.2) is 31.9 Å². The second-order valence-corrected chi connectivity index (χ2v) is 6.76. The first kappa shape index (κ1) is 16.9. The molecule has 0 saturated heterocycles. The number of carbonyl (C=O) groups is 2. The second-order valence-electron chi connectivity index (χ2n) is 5.76. The summed E-state index contributed by atoms with van der Waals surface area (Å²) in [5.74, 6) is -0.859. The highest BCUT2D eigenvalue weighted by Crippen LogP contribution is 2.30. The normalized spacial score (nSPS) is 10.9. The monoisotopic (exact) mass is 379 g/mol. The molecular weight excluding hydrogens is 366 g/mol. The van der Waals surface area contributed by atoms with E-state index in [0.717, 1.165) is 16.7 Å². The number of benzene rings is 2. The zero-order valence-electron chi connectivity index (χ0n) is 14.1. The van der Waals surface area contributed by atoms with Gasteiger partial charge in [-0.2, -0.15) is 0 Å². The van der Waals surface area contributed by atoms with Crippen LogP contribution in [0.5, 0.6) is 0 Å². The van der Waals surface area contributed by atoms with Gasteiger partial charge in [0, 0.05) is 29.9 Å². The van der Waals surface area contributed by atoms with Crippen molar-refractivity contribution in [3.8, 4) is 0 Å². The number of thiazole rings is 1. The number of carboxylic acids is 1. The highest BCUT2D eigenvalue weighted by atomic mass is 32.1. The summed E-state index contributed by atoms with van der Waals surface area (Å²) < 4.78 is 0.697. The van der Waals surface area contributed by atoms with E-state index in [2.05, 4.69) is 25.6 Å². The minimum atomic E-state index is -1.06. The summed E-state index contributed by atoms with van der Waals surface area (Å²) in [5.41, 5.74) is 2.59. The second kappa shape index (κ2) is 6.61. The summed E-state index contributed by atoms with van der Waals surface area (Å²) >= 11 is 1.08. The zero-order chi connectivity index (χ0) is 19.0. The third kappa shape index (κ3) is 3.40. The van der Waals surface area contributed by atoms with E-state index in [1.54, 1.807) is 30.5 Å². The summed E-state index contributed by atoms with van der Waals surface area (Å²) in [6.45, 7) is 1.44. The Bertz CT molecular complexity index is 1200. The number of amides is 1. The van der Waals surface area contributed by atoms with Crippen LogP contribution in [0.25, 0.3) is 21.1 Å². The van der Waals surface area contributed by atoms with Gasteiger partial charge in [-0.25, -0.2) is 19.7 Å². The molecule has 4 rings (SSSR count). The highest BCUT2D eigenvalue weighted by molar-refractivity contribution is 7.21. The first-order chi connectivity index (χ1) is 13.0. The van der Waals surface area contributed by atoms with E-state index in [4.69, 9.17) is 5.11 Å². The van der Waals surface area contributed by atoms with Crippen molar-refractivity contribution in [3.05, 3.63) is 47.6 Å². The fourth-order valence-corrected chi connectivity index (χ4v) is 3.54. The Kier molecular flexibility index (Phi) is 4.13. The van der Waals surface area contributed by atoms with Crippen molar-refractivity contribution in [2.75, 3.05) is 10.6 Å². The van der Waals surface area contributed by atoms with E-state index in [-0.39, 0.29) is 10.9 Å². The number of nitrogens with zero attached hydrogens (tertiary/aromatic N) is 3. The van der Waals surface area contributed by atoms with Crippen LogP contribution in [0.2, 0.25) is 0 Å². The average Bonchev–Trinajstić information content (AvgIpc) is 3.06. The molecule has 27 heavy (non-hydrogen) atoms. The van der Waals surface area contributed by atoms with Gasteiger partial charge in [0.1, 0.15) is 0 Å². The fourth-order valence-electron chi connectivity index (χ4n) is 2.64. The number of anilines is 3. The van der Waals surface area contributed by atoms with Gasteiger partial charge in [-0.05, 0) is 30.3 Å². The lowest BCUT2D eigenvalue weighted by Crippen LogP contribution is -2.06. The van der Waals surface area contributed by atoms with Crippen LogP contribution in [0, 0.1) is 0 Å². The molecule has 0 fully saturated rings. The lowest BCUT2D eigenvalue weighted by Gasteiger charge is -2.08. The van der Waals surface area contributed by atoms with Crippen molar-refractivity contribution < 1.29 is 14.7 Å². The third-order valence-corrected chi connectivity index (χ3v) is 4.79. The Balaban J connectivity index is 1.73. The number of aromatic carboxylic acids is 1. The molecule has 0 bridgehead atoms. The van der Waals surface area contributed by atoms with E-state index >= 15 is 0 Å². The van der Waals surface area contributed by atoms with E-state index in [0.29, 0.717) is 33.1 Å². The number of fused-ring (bicyclic) bond motifs is 3. The number of nitrogens with one attached hydrogen (secondary N) is 2. The summed E-state index contributed by atoms with van der Waals surface area (Å²) in [6, 6.07) is 10.7. The molecular formula is C18H13N5O3S. The maximum atomic E-state index is 11.2. The van der Waals surface area contributed by atoms with Crippen molar-refractivity contribution >= 4 is 61.7 Å². The Morgan fingerprint density at radius 3 is 2.70 bits per heavy atom. The number of hydrogen-bond donors (Lipinski definition) is 3. The molecule has 9 heteroatoms. The van der Waals surface area contributed by atoms with Crippen molar-refractivity contribution in [3.63, 3.8) is 0 Å². The van der Waals surface area contributed by atoms with Gasteiger partial charge in [0.15, 0.2) is 0 Å². The van der Waals surface area contributed by atoms with Crippen LogP contribution in [-0.2, 0) is 4.79 Å². The summed E-state index contributed by atoms with van der Waals surface area (Å²) in [7, 11) is 0. The van der Waals surface area contributed by atoms with Gasteiger partial charge >= 0.3 is 5.97 Å². The summed E-state index contributed by atoms with van der Waals surface area (Å²) in [6.07, 6.45) is 1.67. The van der Waals surface area contributed by atoms with Gasteiger partial charge in [0.2, 0.25) is 16.9 Å². The molecule has 0 radical (unpaired) electrons. The minimum Gasteiger partial charge on any atom is -0.476 e. The molecule has 0 spiro atoms. The molecule has 134 valence electrons. The predicted molar refractivity (Wildman–Crippen MR) is 104 cm³/mol. The average molecular weight is 379 g/mol. The number of carbonyl (C=O) groups excluding carboxylic acids is 1. The lowest BCUT2D eigenvalue weighted by molar-refractivity contribution is -0.114. The van der Waals surface area contributed by atoms with Gasteiger partial charge in [-0.1, -0.05) is 6.07 Å². The van der Waals surface area contributed by atoms with Gasteiger partial charge in [0.05, 0.1) is 15.7 Å². The van der Waals surface area contributed by atoms with Gasteiger partial charge in [0.25, 0.3) is 0 Å². The zero-order valence-corrected chi connectivity index (χ0v) is 14.9. The molecule has 0 unspecified atom stereocenters. The van der Waals surface area contributed by atoms with E-state index in [9.17, 15) is 9.59 Å². The topological polar surface area (TPSA) is 117 Å². The van der Waals surface area contributed by atoms with Crippen LogP contribution in [0.3, 0.4) is 0 Å². The largest absolute Gasteiger partial charge is 0.476 e. The standard InChI is InChI=1S/C18H13N5O3S/c1-9(24)20-11-3-2-4-12(7-11)21-18-19-8-10-5-6-13-15(14(10)23-18)27-16(22-13)17(25)26/h2-8H,1H3,(H,20,24)(H,25,26)(H,19,21,23). The SMILES string of the molecule is CC(=O)Nc1cccc(Nc2ncc3ccc4nc(C(=O)O)sc4c3n2)c1. The number of hydrogen-bond acceptors (Lipinski definition) is 7. The Labute approximate surface area is 156 Å². The molecule has 0 aliphatic carbocycles. The van der Waals surface area contributed by atoms with E-state index in [1.807, 2.05) is 12.1 Å². The van der Waals surface area contributed by atoms with Crippen molar-refractivity contribution in [1.29, 1.82) is 0 Å². The maximum Gasteiger partial charge on any atom is 0.365 e. The molecule has 8 nitrogen and oxygen atoms in total. The number of rotatable bonds is 4. The molecule has 2 aromatic carbocycles. The molecule has 0 aliphatic heterocycles. The highest BCUT2D eigenvalue weighted by Gasteiger charge is 2.14. The van der Waals surface area contributed by atoms with Gasteiger partial charge < -0.3 is 15.7 Å². The fraction of sp³-hybridized carbons (Fsp3) is 0.0556. The molecule has 4 aromatic rings. The number of carboxylic acid groups (broad SMARTS) is 1. The van der Waals surface area contributed by atoms with Crippen LogP contribution >= 0.6 is 11.3 Å². The predicted octanol–water partition coefficient (Wildman–Crippen LogP) is 3.64. The van der Waals surface area contributed by atoms with Crippen LogP contribution in [0.1, 0.15) is 16.7 Å². The van der Waals surface area contributed by atoms with Crippen LogP contribution in [0.4, 0.5) is 17.3 Å². The lowest BCUT2D eigenvalue weighted by atomic mass is 10.2. The molecule has 0 aliphatic rings. The Morgan fingerprint density at radius 1 is 1.11 bits per heavy atom. The molecule has 2 aromatic heterocycles. The van der Waals surface area contributed by atoms with Gasteiger partial charge in [-0.3, -0.25) is 4.79 Å². The molecule has 0 saturated carbocycles. The van der Waals surface area contributed by atoms with Crippen molar-refractivity contribution in [1.82, 2.24) is 15.0 Å². The number of aromatic nitrogens is 3. The van der Waals surface area contributed by atoms with E-state index < -0.39 is 5.97 Å². The molecule has 2 heterocycles.